The second-order valence-electron chi connectivity index (χ2n) is 7.06. The Labute approximate surface area is 197 Å². The Bertz CT molecular complexity index is 1210. The molecule has 0 aliphatic heterocycles. The SMILES string of the molecule is Cc1ccc(CN(CC(=O)N/N=C\c2cccc(Cl)c2)S(=O)(=O)c2ccc(Cl)cc2)cc1. The van der Waals surface area contributed by atoms with E-state index in [1.54, 1.807) is 24.3 Å². The van der Waals surface area contributed by atoms with Crippen LogP contribution in [0.25, 0.3) is 0 Å². The standard InChI is InChI=1S/C23H21Cl2N3O3S/c1-17-5-7-18(8-6-17)15-28(32(30,31)22-11-9-20(24)10-12-22)16-23(29)27-26-14-19-3-2-4-21(25)13-19/h2-14H,15-16H2,1H3,(H,27,29)/b26-14-. The third-order valence-electron chi connectivity index (χ3n) is 4.50. The molecule has 0 fully saturated rings. The number of sulfonamides is 1. The fraction of sp³-hybridized carbons (Fsp3) is 0.130. The van der Waals surface area contributed by atoms with Gasteiger partial charge in [-0.15, -0.1) is 0 Å². The summed E-state index contributed by atoms with van der Waals surface area (Å²) >= 11 is 11.8. The molecule has 166 valence electrons. The van der Waals surface area contributed by atoms with E-state index < -0.39 is 22.5 Å². The largest absolute Gasteiger partial charge is 0.272 e. The van der Waals surface area contributed by atoms with Crippen LogP contribution in [0.15, 0.2) is 82.8 Å². The summed E-state index contributed by atoms with van der Waals surface area (Å²) in [5.74, 6) is -0.576. The summed E-state index contributed by atoms with van der Waals surface area (Å²) in [6, 6.07) is 20.2. The average Bonchev–Trinajstić information content (AvgIpc) is 2.75. The van der Waals surface area contributed by atoms with E-state index in [1.807, 2.05) is 31.2 Å². The maximum absolute atomic E-state index is 13.2. The fourth-order valence-electron chi connectivity index (χ4n) is 2.84. The maximum atomic E-state index is 13.2. The Morgan fingerprint density at radius 2 is 1.69 bits per heavy atom. The summed E-state index contributed by atoms with van der Waals surface area (Å²) in [4.78, 5) is 12.6. The maximum Gasteiger partial charge on any atom is 0.255 e. The number of hydrazone groups is 1. The van der Waals surface area contributed by atoms with Gasteiger partial charge in [-0.2, -0.15) is 9.41 Å². The molecule has 0 saturated heterocycles. The van der Waals surface area contributed by atoms with Crippen LogP contribution >= 0.6 is 23.2 Å². The van der Waals surface area contributed by atoms with E-state index in [4.69, 9.17) is 23.2 Å². The molecule has 9 heteroatoms. The number of benzene rings is 3. The second kappa shape index (κ2) is 10.7. The summed E-state index contributed by atoms with van der Waals surface area (Å²) in [5.41, 5.74) is 4.87. The van der Waals surface area contributed by atoms with Gasteiger partial charge in [-0.05, 0) is 54.4 Å². The number of hydrogen-bond acceptors (Lipinski definition) is 4. The minimum Gasteiger partial charge on any atom is -0.272 e. The Kier molecular flexibility index (Phi) is 8.04. The number of hydrogen-bond donors (Lipinski definition) is 1. The van der Waals surface area contributed by atoms with Gasteiger partial charge in [0.1, 0.15) is 0 Å². The number of carbonyl (C=O) groups excluding carboxylic acids is 1. The molecule has 0 atom stereocenters. The number of aryl methyl sites for hydroxylation is 1. The first-order chi connectivity index (χ1) is 15.2. The van der Waals surface area contributed by atoms with Gasteiger partial charge < -0.3 is 0 Å². The zero-order valence-corrected chi connectivity index (χ0v) is 19.5. The first-order valence-corrected chi connectivity index (χ1v) is 11.8. The third-order valence-corrected chi connectivity index (χ3v) is 6.80. The molecule has 6 nitrogen and oxygen atoms in total. The van der Waals surface area contributed by atoms with Crippen molar-refractivity contribution in [2.45, 2.75) is 18.4 Å². The monoisotopic (exact) mass is 489 g/mol. The molecule has 1 amide bonds. The van der Waals surface area contributed by atoms with E-state index in [1.165, 1.54) is 30.5 Å². The molecule has 32 heavy (non-hydrogen) atoms. The molecular weight excluding hydrogens is 469 g/mol. The lowest BCUT2D eigenvalue weighted by atomic mass is 10.1. The van der Waals surface area contributed by atoms with Crippen LogP contribution in [-0.4, -0.2) is 31.4 Å². The van der Waals surface area contributed by atoms with Gasteiger partial charge in [0, 0.05) is 16.6 Å². The van der Waals surface area contributed by atoms with Gasteiger partial charge in [0.05, 0.1) is 17.7 Å². The first kappa shape index (κ1) is 23.9. The van der Waals surface area contributed by atoms with E-state index in [9.17, 15) is 13.2 Å². The molecular formula is C23H21Cl2N3O3S. The summed E-state index contributed by atoms with van der Waals surface area (Å²) < 4.78 is 27.6. The summed E-state index contributed by atoms with van der Waals surface area (Å²) in [6.45, 7) is 1.56. The van der Waals surface area contributed by atoms with E-state index in [0.717, 1.165) is 15.4 Å². The molecule has 1 N–H and O–H groups in total. The number of nitrogens with zero attached hydrogens (tertiary/aromatic N) is 2. The van der Waals surface area contributed by atoms with E-state index in [-0.39, 0.29) is 11.4 Å². The molecule has 3 aromatic rings. The Balaban J connectivity index is 1.79. The van der Waals surface area contributed by atoms with Gasteiger partial charge in [0.25, 0.3) is 5.91 Å². The van der Waals surface area contributed by atoms with Crippen LogP contribution in [0.4, 0.5) is 0 Å². The van der Waals surface area contributed by atoms with Crippen LogP contribution in [0, 0.1) is 6.92 Å². The predicted molar refractivity (Wildman–Crippen MR) is 127 cm³/mol. The van der Waals surface area contributed by atoms with Gasteiger partial charge in [-0.1, -0.05) is 65.2 Å². The molecule has 0 aromatic heterocycles. The van der Waals surface area contributed by atoms with Crippen molar-refractivity contribution >= 4 is 45.3 Å². The minimum absolute atomic E-state index is 0.0245. The Hall–Kier alpha value is -2.71. The van der Waals surface area contributed by atoms with Crippen molar-refractivity contribution in [3.63, 3.8) is 0 Å². The van der Waals surface area contributed by atoms with Gasteiger partial charge in [-0.25, -0.2) is 13.8 Å². The molecule has 0 spiro atoms. The minimum atomic E-state index is -3.96. The lowest BCUT2D eigenvalue weighted by Crippen LogP contribution is -2.39. The number of rotatable bonds is 8. The summed E-state index contributed by atoms with van der Waals surface area (Å²) in [7, 11) is -3.96. The van der Waals surface area contributed by atoms with Crippen LogP contribution in [-0.2, 0) is 21.4 Å². The van der Waals surface area contributed by atoms with Crippen molar-refractivity contribution in [2.75, 3.05) is 6.54 Å². The van der Waals surface area contributed by atoms with Crippen LogP contribution in [0.1, 0.15) is 16.7 Å². The van der Waals surface area contributed by atoms with E-state index >= 15 is 0 Å². The van der Waals surface area contributed by atoms with Gasteiger partial charge in [-0.3, -0.25) is 4.79 Å². The first-order valence-electron chi connectivity index (χ1n) is 9.63. The van der Waals surface area contributed by atoms with Gasteiger partial charge in [0.2, 0.25) is 10.0 Å². The highest BCUT2D eigenvalue weighted by Gasteiger charge is 2.27. The quantitative estimate of drug-likeness (QED) is 0.369. The van der Waals surface area contributed by atoms with Crippen molar-refractivity contribution in [1.82, 2.24) is 9.73 Å². The smallest absolute Gasteiger partial charge is 0.255 e. The fourth-order valence-corrected chi connectivity index (χ4v) is 4.55. The molecule has 0 radical (unpaired) electrons. The average molecular weight is 490 g/mol. The molecule has 0 aliphatic rings. The van der Waals surface area contributed by atoms with Crippen molar-refractivity contribution in [1.29, 1.82) is 0 Å². The molecule has 0 heterocycles. The summed E-state index contributed by atoms with van der Waals surface area (Å²) in [5, 5.41) is 4.86. The zero-order valence-electron chi connectivity index (χ0n) is 17.2. The van der Waals surface area contributed by atoms with Crippen LogP contribution in [0.2, 0.25) is 10.0 Å². The normalized spacial score (nSPS) is 11.8. The predicted octanol–water partition coefficient (Wildman–Crippen LogP) is 4.64. The highest BCUT2D eigenvalue weighted by molar-refractivity contribution is 7.89. The topological polar surface area (TPSA) is 78.8 Å². The lowest BCUT2D eigenvalue weighted by Gasteiger charge is -2.21. The van der Waals surface area contributed by atoms with E-state index in [2.05, 4.69) is 10.5 Å². The van der Waals surface area contributed by atoms with Crippen molar-refractivity contribution in [2.24, 2.45) is 5.10 Å². The van der Waals surface area contributed by atoms with E-state index in [0.29, 0.717) is 15.6 Å². The number of halogens is 2. The van der Waals surface area contributed by atoms with Crippen molar-refractivity contribution in [3.05, 3.63) is 99.5 Å². The zero-order chi connectivity index (χ0) is 23.1. The molecule has 0 unspecified atom stereocenters. The molecule has 0 bridgehead atoms. The Morgan fingerprint density at radius 3 is 2.34 bits per heavy atom. The lowest BCUT2D eigenvalue weighted by molar-refractivity contribution is -0.121. The van der Waals surface area contributed by atoms with Crippen LogP contribution in [0.5, 0.6) is 0 Å². The Morgan fingerprint density at radius 1 is 1.00 bits per heavy atom. The van der Waals surface area contributed by atoms with Gasteiger partial charge in [0.15, 0.2) is 0 Å². The third kappa shape index (κ3) is 6.64. The van der Waals surface area contributed by atoms with Crippen molar-refractivity contribution < 1.29 is 13.2 Å². The molecule has 0 aliphatic carbocycles. The number of amides is 1. The van der Waals surface area contributed by atoms with Crippen LogP contribution in [0.3, 0.4) is 0 Å². The van der Waals surface area contributed by atoms with Gasteiger partial charge >= 0.3 is 0 Å². The van der Waals surface area contributed by atoms with Crippen molar-refractivity contribution in [3.8, 4) is 0 Å². The molecule has 3 aromatic carbocycles. The summed E-state index contributed by atoms with van der Waals surface area (Å²) in [6.07, 6.45) is 1.43. The molecule has 3 rings (SSSR count). The number of carbonyl (C=O) groups is 1. The second-order valence-corrected chi connectivity index (χ2v) is 9.87. The van der Waals surface area contributed by atoms with Crippen LogP contribution < -0.4 is 5.43 Å². The highest BCUT2D eigenvalue weighted by atomic mass is 35.5. The molecule has 0 saturated carbocycles. The number of nitrogens with one attached hydrogen (secondary N) is 1. The highest BCUT2D eigenvalue weighted by Crippen LogP contribution is 2.20.